The zero-order chi connectivity index (χ0) is 14.8. The molecule has 2 N–H and O–H groups in total. The van der Waals surface area contributed by atoms with Gasteiger partial charge < -0.3 is 15.3 Å². The van der Waals surface area contributed by atoms with Crippen LogP contribution in [0.1, 0.15) is 56.3 Å². The summed E-state index contributed by atoms with van der Waals surface area (Å²) in [6.45, 7) is 5.89. The van der Waals surface area contributed by atoms with Crippen LogP contribution in [0.2, 0.25) is 0 Å². The van der Waals surface area contributed by atoms with Crippen molar-refractivity contribution < 1.29 is 5.11 Å². The fourth-order valence-electron chi connectivity index (χ4n) is 2.93. The van der Waals surface area contributed by atoms with Crippen LogP contribution in [0.5, 0.6) is 0 Å². The highest BCUT2D eigenvalue weighted by Crippen LogP contribution is 2.41. The van der Waals surface area contributed by atoms with Gasteiger partial charge in [0.1, 0.15) is 17.5 Å². The van der Waals surface area contributed by atoms with Crippen molar-refractivity contribution in [2.45, 2.75) is 57.9 Å². The fraction of sp³-hybridized carbons (Fsp3) is 0.750. The molecule has 0 bridgehead atoms. The minimum Gasteiger partial charge on any atom is -0.395 e. The normalized spacial score (nSPS) is 18.4. The lowest BCUT2D eigenvalue weighted by molar-refractivity contribution is 0.282. The zero-order valence-electron chi connectivity index (χ0n) is 13.1. The van der Waals surface area contributed by atoms with E-state index in [1.54, 1.807) is 0 Å². The van der Waals surface area contributed by atoms with Crippen molar-refractivity contribution in [1.29, 1.82) is 0 Å². The second kappa shape index (κ2) is 6.18. The zero-order valence-corrected chi connectivity index (χ0v) is 13.1. The van der Waals surface area contributed by atoms with Gasteiger partial charge in [0.05, 0.1) is 6.61 Å². The molecule has 5 nitrogen and oxygen atoms in total. The predicted molar refractivity (Wildman–Crippen MR) is 85.0 cm³/mol. The lowest BCUT2D eigenvalue weighted by Gasteiger charge is -2.39. The van der Waals surface area contributed by atoms with Crippen molar-refractivity contribution in [1.82, 2.24) is 9.97 Å². The topological polar surface area (TPSA) is 61.3 Å². The first-order chi connectivity index (χ1) is 10.2. The summed E-state index contributed by atoms with van der Waals surface area (Å²) in [4.78, 5) is 11.9. The summed E-state index contributed by atoms with van der Waals surface area (Å²) in [5, 5.41) is 12.8. The molecule has 0 unspecified atom stereocenters. The summed E-state index contributed by atoms with van der Waals surface area (Å²) < 4.78 is 0. The third kappa shape index (κ3) is 2.98. The summed E-state index contributed by atoms with van der Waals surface area (Å²) in [5.74, 6) is 3.51. The Bertz CT molecular complexity index is 497. The Morgan fingerprint density at radius 1 is 1.24 bits per heavy atom. The molecule has 1 heterocycles. The van der Waals surface area contributed by atoms with E-state index in [1.807, 2.05) is 0 Å². The molecule has 3 rings (SSSR count). The first kappa shape index (κ1) is 14.6. The molecule has 0 amide bonds. The van der Waals surface area contributed by atoms with Crippen LogP contribution in [0, 0.1) is 6.92 Å². The minimum atomic E-state index is 0.176. The van der Waals surface area contributed by atoms with Crippen LogP contribution in [0.3, 0.4) is 0 Å². The number of nitrogens with one attached hydrogen (secondary N) is 1. The highest BCUT2D eigenvalue weighted by molar-refractivity contribution is 5.59. The van der Waals surface area contributed by atoms with Crippen LogP contribution in [0.4, 0.5) is 11.6 Å². The van der Waals surface area contributed by atoms with Gasteiger partial charge in [0.25, 0.3) is 0 Å². The van der Waals surface area contributed by atoms with Gasteiger partial charge in [0.2, 0.25) is 0 Å². The quantitative estimate of drug-likeness (QED) is 0.807. The monoisotopic (exact) mass is 290 g/mol. The first-order valence-corrected chi connectivity index (χ1v) is 8.24. The van der Waals surface area contributed by atoms with E-state index in [1.165, 1.54) is 32.1 Å². The smallest absolute Gasteiger partial charge is 0.137 e. The van der Waals surface area contributed by atoms with Crippen molar-refractivity contribution in [2.75, 3.05) is 29.9 Å². The van der Waals surface area contributed by atoms with Gasteiger partial charge in [0.15, 0.2) is 0 Å². The molecule has 0 atom stereocenters. The highest BCUT2D eigenvalue weighted by atomic mass is 16.3. The van der Waals surface area contributed by atoms with E-state index < -0.39 is 0 Å². The Kier molecular flexibility index (Phi) is 4.29. The molecule has 2 aliphatic rings. The van der Waals surface area contributed by atoms with Crippen molar-refractivity contribution in [3.8, 4) is 0 Å². The van der Waals surface area contributed by atoms with Crippen LogP contribution in [0.15, 0.2) is 0 Å². The van der Waals surface area contributed by atoms with E-state index in [9.17, 15) is 5.11 Å². The molecule has 0 radical (unpaired) electrons. The summed E-state index contributed by atoms with van der Waals surface area (Å²) in [5.41, 5.74) is 1.11. The van der Waals surface area contributed by atoms with Gasteiger partial charge in [-0.05, 0) is 46.0 Å². The number of nitrogens with zero attached hydrogens (tertiary/aromatic N) is 3. The van der Waals surface area contributed by atoms with Crippen molar-refractivity contribution in [2.24, 2.45) is 0 Å². The number of hydrogen-bond acceptors (Lipinski definition) is 5. The van der Waals surface area contributed by atoms with Gasteiger partial charge in [-0.15, -0.1) is 0 Å². The number of hydrogen-bond donors (Lipinski definition) is 2. The second-order valence-corrected chi connectivity index (χ2v) is 6.19. The Morgan fingerprint density at radius 3 is 2.52 bits per heavy atom. The molecule has 0 spiro atoms. The third-order valence-corrected chi connectivity index (χ3v) is 4.55. The predicted octanol–water partition coefficient (Wildman–Crippen LogP) is 2.45. The molecule has 1 aromatic rings. The van der Waals surface area contributed by atoms with Crippen LogP contribution >= 0.6 is 0 Å². The van der Waals surface area contributed by atoms with Crippen molar-refractivity contribution in [3.63, 3.8) is 0 Å². The maximum atomic E-state index is 9.42. The van der Waals surface area contributed by atoms with Gasteiger partial charge in [-0.25, -0.2) is 9.97 Å². The van der Waals surface area contributed by atoms with Gasteiger partial charge in [0, 0.05) is 30.6 Å². The molecule has 0 aromatic carbocycles. The molecular weight excluding hydrogens is 264 g/mol. The molecular formula is C16H26N4O. The average molecular weight is 290 g/mol. The number of aliphatic hydroxyl groups excluding tert-OH is 1. The van der Waals surface area contributed by atoms with Crippen LogP contribution < -0.4 is 10.2 Å². The number of aliphatic hydroxyl groups is 1. The number of aromatic nitrogens is 2. The van der Waals surface area contributed by atoms with E-state index in [-0.39, 0.29) is 6.61 Å². The van der Waals surface area contributed by atoms with Gasteiger partial charge >= 0.3 is 0 Å². The highest BCUT2D eigenvalue weighted by Gasteiger charge is 2.31. The Balaban J connectivity index is 1.96. The fourth-order valence-corrected chi connectivity index (χ4v) is 2.93. The lowest BCUT2D eigenvalue weighted by Crippen LogP contribution is -2.43. The van der Waals surface area contributed by atoms with Gasteiger partial charge in [-0.1, -0.05) is 0 Å². The van der Waals surface area contributed by atoms with Crippen molar-refractivity contribution in [3.05, 3.63) is 11.4 Å². The summed E-state index contributed by atoms with van der Waals surface area (Å²) in [6.07, 6.45) is 6.11. The van der Waals surface area contributed by atoms with Crippen molar-refractivity contribution >= 4 is 11.6 Å². The lowest BCUT2D eigenvalue weighted by atomic mass is 9.91. The molecule has 2 saturated carbocycles. The van der Waals surface area contributed by atoms with E-state index in [4.69, 9.17) is 9.97 Å². The third-order valence-electron chi connectivity index (χ3n) is 4.55. The second-order valence-electron chi connectivity index (χ2n) is 6.19. The molecule has 0 aliphatic heterocycles. The largest absolute Gasteiger partial charge is 0.395 e. The molecule has 1 aromatic heterocycles. The summed E-state index contributed by atoms with van der Waals surface area (Å²) in [7, 11) is 0. The minimum absolute atomic E-state index is 0.176. The molecule has 5 heteroatoms. The number of anilines is 2. The standard InChI is InChI=1S/C16H26N4O/c1-3-17-14-11(2)16(19-15(18-14)12-7-8-12)20(9-10-21)13-5-4-6-13/h12-13,21H,3-10H2,1-2H3,(H,17,18,19). The van der Waals surface area contributed by atoms with E-state index >= 15 is 0 Å². The van der Waals surface area contributed by atoms with Crippen LogP contribution in [0.25, 0.3) is 0 Å². The van der Waals surface area contributed by atoms with Crippen LogP contribution in [-0.4, -0.2) is 40.8 Å². The average Bonchev–Trinajstić information content (AvgIpc) is 3.23. The van der Waals surface area contributed by atoms with Gasteiger partial charge in [-0.3, -0.25) is 0 Å². The van der Waals surface area contributed by atoms with E-state index in [2.05, 4.69) is 24.1 Å². The number of rotatable bonds is 7. The van der Waals surface area contributed by atoms with E-state index in [0.717, 1.165) is 29.6 Å². The van der Waals surface area contributed by atoms with Crippen LogP contribution in [-0.2, 0) is 0 Å². The molecule has 2 aliphatic carbocycles. The molecule has 0 saturated heterocycles. The Hall–Kier alpha value is -1.36. The molecule has 116 valence electrons. The summed E-state index contributed by atoms with van der Waals surface area (Å²) in [6, 6.07) is 0.535. The molecule has 21 heavy (non-hydrogen) atoms. The summed E-state index contributed by atoms with van der Waals surface area (Å²) >= 11 is 0. The Labute approximate surface area is 126 Å². The SMILES string of the molecule is CCNc1nc(C2CC2)nc(N(CCO)C2CCC2)c1C. The first-order valence-electron chi connectivity index (χ1n) is 8.24. The Morgan fingerprint density at radius 2 is 2.00 bits per heavy atom. The van der Waals surface area contributed by atoms with Gasteiger partial charge in [-0.2, -0.15) is 0 Å². The maximum Gasteiger partial charge on any atom is 0.137 e. The van der Waals surface area contributed by atoms with E-state index in [0.29, 0.717) is 18.5 Å². The maximum absolute atomic E-state index is 9.42. The molecule has 2 fully saturated rings.